The molecule has 0 atom stereocenters. The van der Waals surface area contributed by atoms with Crippen molar-refractivity contribution in [3.05, 3.63) is 35.4 Å². The number of imide groups is 1. The summed E-state index contributed by atoms with van der Waals surface area (Å²) in [5.41, 5.74) is 0.473. The zero-order chi connectivity index (χ0) is 15.0. The molecule has 0 aliphatic heterocycles. The third-order valence-electron chi connectivity index (χ3n) is 2.15. The van der Waals surface area contributed by atoms with Crippen LogP contribution in [0.3, 0.4) is 0 Å². The molecule has 0 heterocycles. The van der Waals surface area contributed by atoms with E-state index >= 15 is 0 Å². The first-order valence-electron chi connectivity index (χ1n) is 5.81. The van der Waals surface area contributed by atoms with Gasteiger partial charge >= 0.3 is 12.0 Å². The molecule has 0 spiro atoms. The van der Waals surface area contributed by atoms with Crippen molar-refractivity contribution in [3.8, 4) is 6.07 Å². The summed E-state index contributed by atoms with van der Waals surface area (Å²) in [6.07, 6.45) is 0. The molecule has 7 heteroatoms. The number of carbonyl (C=O) groups excluding carboxylic acids is 3. The average molecular weight is 275 g/mol. The van der Waals surface area contributed by atoms with Gasteiger partial charge in [-0.05, 0) is 25.1 Å². The largest absolute Gasteiger partial charge is 0.452 e. The van der Waals surface area contributed by atoms with E-state index < -0.39 is 24.5 Å². The molecule has 0 aromatic heterocycles. The van der Waals surface area contributed by atoms with E-state index in [1.807, 2.05) is 11.4 Å². The molecule has 20 heavy (non-hydrogen) atoms. The highest BCUT2D eigenvalue weighted by Gasteiger charge is 2.12. The number of urea groups is 1. The van der Waals surface area contributed by atoms with Gasteiger partial charge in [0.1, 0.15) is 0 Å². The van der Waals surface area contributed by atoms with Gasteiger partial charge < -0.3 is 10.1 Å². The third kappa shape index (κ3) is 4.78. The number of hydrogen-bond donors (Lipinski definition) is 2. The lowest BCUT2D eigenvalue weighted by molar-refractivity contribution is -0.123. The average Bonchev–Trinajstić information content (AvgIpc) is 2.45. The Hall–Kier alpha value is -2.88. The summed E-state index contributed by atoms with van der Waals surface area (Å²) in [6, 6.07) is 7.12. The molecule has 2 N–H and O–H groups in total. The summed E-state index contributed by atoms with van der Waals surface area (Å²) in [7, 11) is 0. The highest BCUT2D eigenvalue weighted by atomic mass is 16.5. The van der Waals surface area contributed by atoms with E-state index in [1.165, 1.54) is 18.2 Å². The zero-order valence-corrected chi connectivity index (χ0v) is 10.8. The Morgan fingerprint density at radius 3 is 2.75 bits per heavy atom. The number of ether oxygens (including phenoxy) is 1. The summed E-state index contributed by atoms with van der Waals surface area (Å²) in [5.74, 6) is -1.48. The molecule has 0 saturated carbocycles. The van der Waals surface area contributed by atoms with Gasteiger partial charge in [-0.15, -0.1) is 0 Å². The Balaban J connectivity index is 2.49. The smallest absolute Gasteiger partial charge is 0.338 e. The second-order valence-corrected chi connectivity index (χ2v) is 3.68. The van der Waals surface area contributed by atoms with Crippen molar-refractivity contribution in [1.29, 1.82) is 5.26 Å². The van der Waals surface area contributed by atoms with Crippen LogP contribution in [-0.2, 0) is 9.53 Å². The van der Waals surface area contributed by atoms with Gasteiger partial charge in [0.25, 0.3) is 5.91 Å². The highest BCUT2D eigenvalue weighted by molar-refractivity contribution is 5.97. The number of hydrogen-bond acceptors (Lipinski definition) is 5. The summed E-state index contributed by atoms with van der Waals surface area (Å²) in [6.45, 7) is 1.50. The molecule has 0 unspecified atom stereocenters. The predicted molar refractivity (Wildman–Crippen MR) is 68.7 cm³/mol. The molecule has 1 aromatic rings. The molecular formula is C13H13N3O4. The maximum Gasteiger partial charge on any atom is 0.338 e. The van der Waals surface area contributed by atoms with Gasteiger partial charge in [-0.25, -0.2) is 9.59 Å². The van der Waals surface area contributed by atoms with E-state index in [4.69, 9.17) is 10.00 Å². The Kier molecular flexibility index (Phi) is 5.72. The van der Waals surface area contributed by atoms with Crippen LogP contribution < -0.4 is 10.6 Å². The van der Waals surface area contributed by atoms with Gasteiger partial charge in [0, 0.05) is 6.54 Å². The van der Waals surface area contributed by atoms with Crippen LogP contribution in [0, 0.1) is 11.3 Å². The van der Waals surface area contributed by atoms with Crippen LogP contribution in [0.25, 0.3) is 0 Å². The molecular weight excluding hydrogens is 262 g/mol. The van der Waals surface area contributed by atoms with Crippen LogP contribution >= 0.6 is 0 Å². The molecule has 0 radical (unpaired) electrons. The molecule has 0 aliphatic carbocycles. The second-order valence-electron chi connectivity index (χ2n) is 3.68. The van der Waals surface area contributed by atoms with E-state index in [9.17, 15) is 14.4 Å². The van der Waals surface area contributed by atoms with Crippen LogP contribution in [0.5, 0.6) is 0 Å². The van der Waals surface area contributed by atoms with Crippen LogP contribution in [0.15, 0.2) is 24.3 Å². The topological polar surface area (TPSA) is 108 Å². The first-order valence-corrected chi connectivity index (χ1v) is 5.81. The number of benzene rings is 1. The number of rotatable bonds is 4. The van der Waals surface area contributed by atoms with Gasteiger partial charge in [-0.3, -0.25) is 10.1 Å². The van der Waals surface area contributed by atoms with Crippen LogP contribution in [-0.4, -0.2) is 31.1 Å². The van der Waals surface area contributed by atoms with E-state index in [-0.39, 0.29) is 5.56 Å². The van der Waals surface area contributed by atoms with E-state index in [2.05, 4.69) is 5.32 Å². The van der Waals surface area contributed by atoms with Gasteiger partial charge in [0.15, 0.2) is 6.61 Å². The number of nitrogens with zero attached hydrogens (tertiary/aromatic N) is 1. The Morgan fingerprint density at radius 2 is 2.10 bits per heavy atom. The zero-order valence-electron chi connectivity index (χ0n) is 10.8. The second kappa shape index (κ2) is 7.53. The van der Waals surface area contributed by atoms with Crippen LogP contribution in [0.4, 0.5) is 4.79 Å². The van der Waals surface area contributed by atoms with E-state index in [0.717, 1.165) is 0 Å². The standard InChI is InChI=1S/C13H13N3O4/c1-2-15-13(19)16-11(17)8-20-12(18)10-5-3-4-9(6-10)7-14/h3-6H,2,8H2,1H3,(H2,15,16,17,19). The Labute approximate surface area is 115 Å². The van der Waals surface area contributed by atoms with Crippen molar-refractivity contribution < 1.29 is 19.1 Å². The molecule has 7 nitrogen and oxygen atoms in total. The number of nitriles is 1. The summed E-state index contributed by atoms with van der Waals surface area (Å²) in [4.78, 5) is 33.9. The number of amides is 3. The molecule has 0 saturated heterocycles. The van der Waals surface area contributed by atoms with Crippen molar-refractivity contribution in [1.82, 2.24) is 10.6 Å². The van der Waals surface area contributed by atoms with Crippen molar-refractivity contribution >= 4 is 17.9 Å². The fraction of sp³-hybridized carbons (Fsp3) is 0.231. The minimum atomic E-state index is -0.742. The van der Waals surface area contributed by atoms with Crippen LogP contribution in [0.1, 0.15) is 22.8 Å². The predicted octanol–water partition coefficient (Wildman–Crippen LogP) is 0.561. The Morgan fingerprint density at radius 1 is 1.35 bits per heavy atom. The Bertz CT molecular complexity index is 563. The van der Waals surface area contributed by atoms with Crippen molar-refractivity contribution in [3.63, 3.8) is 0 Å². The minimum Gasteiger partial charge on any atom is -0.452 e. The van der Waals surface area contributed by atoms with Crippen molar-refractivity contribution in [2.75, 3.05) is 13.2 Å². The summed E-state index contributed by atoms with van der Waals surface area (Å²) in [5, 5.41) is 13.1. The molecule has 1 rings (SSSR count). The number of carbonyl (C=O) groups is 3. The third-order valence-corrected chi connectivity index (χ3v) is 2.15. The van der Waals surface area contributed by atoms with E-state index in [1.54, 1.807) is 13.0 Å². The lowest BCUT2D eigenvalue weighted by Gasteiger charge is -2.06. The minimum absolute atomic E-state index is 0.162. The lowest BCUT2D eigenvalue weighted by atomic mass is 10.1. The molecule has 3 amide bonds. The van der Waals surface area contributed by atoms with Gasteiger partial charge in [-0.2, -0.15) is 5.26 Å². The molecule has 0 aliphatic rings. The van der Waals surface area contributed by atoms with Gasteiger partial charge in [-0.1, -0.05) is 6.07 Å². The maximum absolute atomic E-state index is 11.6. The number of esters is 1. The molecule has 1 aromatic carbocycles. The molecule has 0 fully saturated rings. The van der Waals surface area contributed by atoms with Crippen LogP contribution in [0.2, 0.25) is 0 Å². The highest BCUT2D eigenvalue weighted by Crippen LogP contribution is 2.05. The van der Waals surface area contributed by atoms with E-state index in [0.29, 0.717) is 12.1 Å². The molecule has 104 valence electrons. The lowest BCUT2D eigenvalue weighted by Crippen LogP contribution is -2.41. The molecule has 0 bridgehead atoms. The van der Waals surface area contributed by atoms with Gasteiger partial charge in [0.2, 0.25) is 0 Å². The van der Waals surface area contributed by atoms with Crippen molar-refractivity contribution in [2.45, 2.75) is 6.92 Å². The summed E-state index contributed by atoms with van der Waals surface area (Å²) < 4.78 is 4.73. The first-order chi connectivity index (χ1) is 9.56. The van der Waals surface area contributed by atoms with Gasteiger partial charge in [0.05, 0.1) is 17.2 Å². The summed E-state index contributed by atoms with van der Waals surface area (Å²) >= 11 is 0. The first kappa shape index (κ1) is 15.2. The monoisotopic (exact) mass is 275 g/mol. The normalized spacial score (nSPS) is 9.20. The SMILES string of the molecule is CCNC(=O)NC(=O)COC(=O)c1cccc(C#N)c1. The van der Waals surface area contributed by atoms with Crippen molar-refractivity contribution in [2.24, 2.45) is 0 Å². The number of nitrogens with one attached hydrogen (secondary N) is 2. The fourth-order valence-electron chi connectivity index (χ4n) is 1.30. The maximum atomic E-state index is 11.6. The fourth-order valence-corrected chi connectivity index (χ4v) is 1.30. The quantitative estimate of drug-likeness (QED) is 0.780.